The first-order valence-electron chi connectivity index (χ1n) is 17.3. The number of benzene rings is 3. The predicted molar refractivity (Wildman–Crippen MR) is 195 cm³/mol. The Morgan fingerprint density at radius 3 is 2.51 bits per heavy atom. The average molecular weight is 751 g/mol. The standard InChI is InChI=1S/C35H39FN8O8S/c1-40-32-23-3-2-12-42(24(23)6-7-25(32)44(35(40)50)26-8-9-29(47)39-34(26)49)21-10-13-41(14-11-21)18-30(48)38-20-4-5-22-19(15-20)16-27(45)33(31(22)36)43(53(51)52)17-28(37)46/h4-7,15-16,21,26,45,53H,2-3,8-14,17-18H2,1H3,(H2,37,46)(H,38,48)(H,39,47,49)/t26-/m1/s1. The van der Waals surface area contributed by atoms with Gasteiger partial charge in [-0.05, 0) is 73.9 Å². The Kier molecular flexibility index (Phi) is 9.58. The SMILES string of the molecule is Cn1c(=O)n([C@@H]2CCC(=O)NC2=O)c2ccc3c(c21)CCCN3C1CCN(CC(=O)Nc2ccc3c(F)c(N(CC(N)=O)[SH](=O)=O)c(O)cc3c2)CC1. The van der Waals surface area contributed by atoms with Crippen LogP contribution in [-0.2, 0) is 43.5 Å². The van der Waals surface area contributed by atoms with Crippen molar-refractivity contribution in [1.29, 1.82) is 0 Å². The van der Waals surface area contributed by atoms with Crippen LogP contribution in [0.2, 0.25) is 0 Å². The zero-order chi connectivity index (χ0) is 37.7. The largest absolute Gasteiger partial charge is 0.506 e. The van der Waals surface area contributed by atoms with Crippen molar-refractivity contribution in [3.8, 4) is 5.75 Å². The van der Waals surface area contributed by atoms with Crippen molar-refractivity contribution < 1.29 is 37.1 Å². The molecular formula is C35H39FN8O8S. The van der Waals surface area contributed by atoms with E-state index in [1.54, 1.807) is 11.6 Å². The Morgan fingerprint density at radius 2 is 1.81 bits per heavy atom. The van der Waals surface area contributed by atoms with Gasteiger partial charge in [0.05, 0.1) is 17.6 Å². The number of rotatable bonds is 9. The summed E-state index contributed by atoms with van der Waals surface area (Å²) < 4.78 is 42.2. The molecule has 3 aliphatic rings. The van der Waals surface area contributed by atoms with Gasteiger partial charge in [0.2, 0.25) is 34.5 Å². The summed E-state index contributed by atoms with van der Waals surface area (Å²) in [6.07, 6.45) is 3.73. The molecule has 7 rings (SSSR count). The predicted octanol–water partition coefficient (Wildman–Crippen LogP) is 0.989. The first kappa shape index (κ1) is 35.9. The van der Waals surface area contributed by atoms with Crippen LogP contribution in [0.1, 0.15) is 43.7 Å². The van der Waals surface area contributed by atoms with Crippen LogP contribution >= 0.6 is 0 Å². The molecule has 1 aromatic heterocycles. The van der Waals surface area contributed by atoms with Gasteiger partial charge in [0.25, 0.3) is 0 Å². The lowest BCUT2D eigenvalue weighted by molar-refractivity contribution is -0.135. The number of piperidine rings is 2. The molecule has 0 aliphatic carbocycles. The molecule has 0 unspecified atom stereocenters. The van der Waals surface area contributed by atoms with Crippen LogP contribution in [0.15, 0.2) is 41.2 Å². The zero-order valence-corrected chi connectivity index (χ0v) is 29.7. The maximum atomic E-state index is 15.4. The molecule has 2 saturated heterocycles. The van der Waals surface area contributed by atoms with Gasteiger partial charge in [-0.25, -0.2) is 17.6 Å². The molecule has 16 nitrogen and oxygen atoms in total. The van der Waals surface area contributed by atoms with Gasteiger partial charge in [-0.3, -0.25) is 42.8 Å². The number of primary amides is 1. The lowest BCUT2D eigenvalue weighted by Gasteiger charge is -2.42. The summed E-state index contributed by atoms with van der Waals surface area (Å²) in [5, 5.41) is 15.8. The highest BCUT2D eigenvalue weighted by atomic mass is 32.2. The number of nitrogens with two attached hydrogens (primary N) is 1. The van der Waals surface area contributed by atoms with E-state index >= 15 is 4.39 Å². The molecular weight excluding hydrogens is 711 g/mol. The summed E-state index contributed by atoms with van der Waals surface area (Å²) in [4.78, 5) is 66.8. The number of carbonyl (C=O) groups excluding carboxylic acids is 4. The van der Waals surface area contributed by atoms with Gasteiger partial charge in [-0.15, -0.1) is 0 Å². The summed E-state index contributed by atoms with van der Waals surface area (Å²) in [5.74, 6) is -3.89. The van der Waals surface area contributed by atoms with Crippen LogP contribution in [0.3, 0.4) is 0 Å². The molecule has 3 aliphatic heterocycles. The van der Waals surface area contributed by atoms with Crippen LogP contribution < -0.4 is 31.3 Å². The number of imidazole rings is 1. The molecule has 0 radical (unpaired) electrons. The minimum atomic E-state index is -3.48. The fraction of sp³-hybridized carbons (Fsp3) is 0.400. The number of hydrogen-bond acceptors (Lipinski definition) is 10. The van der Waals surface area contributed by atoms with Gasteiger partial charge in [0.1, 0.15) is 24.0 Å². The quantitative estimate of drug-likeness (QED) is 0.121. The number of aromatic hydroxyl groups is 1. The number of phenols is 1. The topological polar surface area (TPSA) is 209 Å². The first-order valence-corrected chi connectivity index (χ1v) is 18.5. The second-order valence-electron chi connectivity index (χ2n) is 13.7. The number of aromatic nitrogens is 2. The van der Waals surface area contributed by atoms with Crippen molar-refractivity contribution >= 4 is 73.4 Å². The Morgan fingerprint density at radius 1 is 1.06 bits per heavy atom. The van der Waals surface area contributed by atoms with Gasteiger partial charge >= 0.3 is 5.69 Å². The monoisotopic (exact) mass is 750 g/mol. The van der Waals surface area contributed by atoms with Crippen LogP contribution in [0.4, 0.5) is 21.5 Å². The molecule has 18 heteroatoms. The normalized spacial score (nSPS) is 18.4. The fourth-order valence-electron chi connectivity index (χ4n) is 8.03. The van der Waals surface area contributed by atoms with E-state index in [-0.39, 0.29) is 53.7 Å². The van der Waals surface area contributed by atoms with Crippen molar-refractivity contribution in [1.82, 2.24) is 19.4 Å². The van der Waals surface area contributed by atoms with Crippen LogP contribution in [-0.4, -0.2) is 90.0 Å². The number of carbonyl (C=O) groups is 4. The van der Waals surface area contributed by atoms with E-state index in [0.29, 0.717) is 28.6 Å². The molecule has 2 fully saturated rings. The lowest BCUT2D eigenvalue weighted by Crippen LogP contribution is -2.48. The van der Waals surface area contributed by atoms with Gasteiger partial charge in [-0.1, -0.05) is 0 Å². The number of anilines is 3. The van der Waals surface area contributed by atoms with E-state index in [9.17, 15) is 37.5 Å². The number of thiol groups is 1. The van der Waals surface area contributed by atoms with E-state index < -0.39 is 52.5 Å². The van der Waals surface area contributed by atoms with Gasteiger partial charge in [-0.2, -0.15) is 0 Å². The van der Waals surface area contributed by atoms with E-state index in [0.717, 1.165) is 55.1 Å². The molecule has 4 aromatic rings. The summed E-state index contributed by atoms with van der Waals surface area (Å²) in [7, 11) is -1.76. The Hall–Kier alpha value is -5.49. The number of aryl methyl sites for hydroxylation is 2. The molecule has 5 N–H and O–H groups in total. The van der Waals surface area contributed by atoms with Crippen molar-refractivity contribution in [2.75, 3.05) is 47.2 Å². The van der Waals surface area contributed by atoms with Crippen LogP contribution in [0, 0.1) is 5.82 Å². The maximum absolute atomic E-state index is 15.4. The summed E-state index contributed by atoms with van der Waals surface area (Å²) in [6, 6.07) is 8.81. The second-order valence-corrected chi connectivity index (χ2v) is 14.7. The number of amides is 4. The van der Waals surface area contributed by atoms with Gasteiger partial charge in [0, 0.05) is 61.5 Å². The third-order valence-corrected chi connectivity index (χ3v) is 11.2. The molecule has 0 spiro atoms. The third kappa shape index (κ3) is 6.67. The van der Waals surface area contributed by atoms with E-state index in [4.69, 9.17) is 5.73 Å². The molecule has 4 heterocycles. The van der Waals surface area contributed by atoms with Crippen LogP contribution in [0.5, 0.6) is 5.75 Å². The molecule has 1 atom stereocenters. The van der Waals surface area contributed by atoms with Gasteiger partial charge < -0.3 is 21.1 Å². The fourth-order valence-corrected chi connectivity index (χ4v) is 8.64. The van der Waals surface area contributed by atoms with Crippen molar-refractivity contribution in [2.24, 2.45) is 12.8 Å². The minimum absolute atomic E-state index is 0.0293. The molecule has 53 heavy (non-hydrogen) atoms. The number of phenolic OH excluding ortho intramolecular Hbond substituents is 1. The summed E-state index contributed by atoms with van der Waals surface area (Å²) in [5.41, 5.74) is 8.06. The number of fused-ring (bicyclic) bond motifs is 4. The number of imide groups is 1. The second kappa shape index (κ2) is 14.1. The molecule has 0 saturated carbocycles. The Labute approximate surface area is 304 Å². The van der Waals surface area contributed by atoms with Crippen molar-refractivity contribution in [2.45, 2.75) is 50.6 Å². The number of halogens is 1. The lowest BCUT2D eigenvalue weighted by atomic mass is 9.94. The molecule has 4 amide bonds. The highest BCUT2D eigenvalue weighted by Gasteiger charge is 2.34. The van der Waals surface area contributed by atoms with Crippen molar-refractivity contribution in [3.63, 3.8) is 0 Å². The Balaban J connectivity index is 1.01. The molecule has 0 bridgehead atoms. The molecule has 3 aromatic carbocycles. The Bertz CT molecular complexity index is 2320. The number of nitrogens with one attached hydrogen (secondary N) is 2. The number of hydrogen-bond donors (Lipinski definition) is 5. The summed E-state index contributed by atoms with van der Waals surface area (Å²) >= 11 is 0. The summed E-state index contributed by atoms with van der Waals surface area (Å²) in [6.45, 7) is 1.46. The smallest absolute Gasteiger partial charge is 0.329 e. The third-order valence-electron chi connectivity index (χ3n) is 10.4. The first-order chi connectivity index (χ1) is 25.3. The van der Waals surface area contributed by atoms with Crippen LogP contribution in [0.25, 0.3) is 21.8 Å². The highest BCUT2D eigenvalue weighted by Crippen LogP contribution is 2.39. The maximum Gasteiger partial charge on any atom is 0.329 e. The van der Waals surface area contributed by atoms with E-state index in [2.05, 4.69) is 20.4 Å². The number of nitrogens with zero attached hydrogens (tertiary/aromatic N) is 5. The average Bonchev–Trinajstić information content (AvgIpc) is 3.36. The zero-order valence-electron chi connectivity index (χ0n) is 28.8. The van der Waals surface area contributed by atoms with Gasteiger partial charge in [0.15, 0.2) is 5.82 Å². The molecule has 280 valence electrons. The minimum Gasteiger partial charge on any atom is -0.506 e. The number of likely N-dealkylation sites (tertiary alicyclic amines) is 1. The van der Waals surface area contributed by atoms with Crippen molar-refractivity contribution in [3.05, 3.63) is 58.3 Å². The van der Waals surface area contributed by atoms with E-state index in [1.807, 2.05) is 12.1 Å². The highest BCUT2D eigenvalue weighted by molar-refractivity contribution is 7.74. The van der Waals surface area contributed by atoms with E-state index in [1.165, 1.54) is 22.8 Å².